The van der Waals surface area contributed by atoms with Gasteiger partial charge in [-0.1, -0.05) is 20.8 Å². The Kier molecular flexibility index (Phi) is 7.91. The number of nitrogens with one attached hydrogen (secondary N) is 2. The number of aryl methyl sites for hydroxylation is 1. The molecular weight excluding hydrogens is 475 g/mol. The largest absolute Gasteiger partial charge is 0.481 e. The van der Waals surface area contributed by atoms with Gasteiger partial charge in [-0.25, -0.2) is 9.18 Å². The number of carbonyl (C=O) groups is 1. The first-order chi connectivity index (χ1) is 17.9. The summed E-state index contributed by atoms with van der Waals surface area (Å²) in [6.45, 7) is 6.64. The average molecular weight is 507 g/mol. The number of H-pyrrole nitrogens is 1. The second-order valence-corrected chi connectivity index (χ2v) is 8.87. The molecule has 2 N–H and O–H groups in total. The zero-order valence-corrected chi connectivity index (χ0v) is 21.2. The summed E-state index contributed by atoms with van der Waals surface area (Å²) in [7, 11) is 0. The monoisotopic (exact) mass is 506 g/mol. The molecule has 194 valence electrons. The summed E-state index contributed by atoms with van der Waals surface area (Å²) in [5.74, 6) is -0.197. The Balaban J connectivity index is 1.57. The molecule has 0 fully saturated rings. The predicted octanol–water partition coefficient (Wildman–Crippen LogP) is 4.91. The van der Waals surface area contributed by atoms with Crippen molar-refractivity contribution < 1.29 is 13.9 Å². The molecule has 0 aliphatic carbocycles. The summed E-state index contributed by atoms with van der Waals surface area (Å²) < 4.78 is 22.0. The zero-order valence-electron chi connectivity index (χ0n) is 21.2. The van der Waals surface area contributed by atoms with E-state index in [9.17, 15) is 18.8 Å². The lowest BCUT2D eigenvalue weighted by atomic mass is 10.1. The smallest absolute Gasteiger partial charge is 0.331 e. The van der Waals surface area contributed by atoms with Crippen LogP contribution in [0.3, 0.4) is 0 Å². The normalized spacial score (nSPS) is 12.0. The fourth-order valence-corrected chi connectivity index (χ4v) is 4.26. The van der Waals surface area contributed by atoms with Gasteiger partial charge >= 0.3 is 5.69 Å². The van der Waals surface area contributed by atoms with Crippen LogP contribution in [0.25, 0.3) is 22.3 Å². The van der Waals surface area contributed by atoms with E-state index >= 15 is 0 Å². The van der Waals surface area contributed by atoms with E-state index in [4.69, 9.17) is 4.74 Å². The minimum atomic E-state index is -0.732. The van der Waals surface area contributed by atoms with Gasteiger partial charge in [-0.3, -0.25) is 18.7 Å². The molecule has 9 heteroatoms. The maximum atomic E-state index is 13.1. The second kappa shape index (κ2) is 11.3. The number of hydrogen-bond acceptors (Lipinski definition) is 4. The van der Waals surface area contributed by atoms with E-state index < -0.39 is 6.10 Å². The van der Waals surface area contributed by atoms with Crippen molar-refractivity contribution in [1.29, 1.82) is 0 Å². The van der Waals surface area contributed by atoms with Crippen LogP contribution < -0.4 is 21.3 Å². The number of anilines is 1. The van der Waals surface area contributed by atoms with Crippen molar-refractivity contribution in [2.45, 2.75) is 59.2 Å². The number of rotatable bonds is 10. The molecule has 2 aromatic carbocycles. The first-order valence-corrected chi connectivity index (χ1v) is 12.6. The third-order valence-electron chi connectivity index (χ3n) is 6.12. The van der Waals surface area contributed by atoms with Crippen molar-refractivity contribution in [1.82, 2.24) is 14.1 Å². The molecule has 4 aromatic rings. The van der Waals surface area contributed by atoms with Gasteiger partial charge in [0.2, 0.25) is 0 Å². The number of benzene rings is 2. The molecule has 8 nitrogen and oxygen atoms in total. The Morgan fingerprint density at radius 3 is 2.24 bits per heavy atom. The van der Waals surface area contributed by atoms with E-state index in [2.05, 4.69) is 10.3 Å². The van der Waals surface area contributed by atoms with Gasteiger partial charge in [0, 0.05) is 24.5 Å². The van der Waals surface area contributed by atoms with E-state index in [1.54, 1.807) is 16.7 Å². The molecule has 4 rings (SSSR count). The van der Waals surface area contributed by atoms with Gasteiger partial charge in [-0.2, -0.15) is 0 Å². The summed E-state index contributed by atoms with van der Waals surface area (Å²) in [5.41, 5.74) is 2.38. The summed E-state index contributed by atoms with van der Waals surface area (Å²) in [4.78, 5) is 41.8. The van der Waals surface area contributed by atoms with Gasteiger partial charge in [-0.15, -0.1) is 0 Å². The van der Waals surface area contributed by atoms with Crippen LogP contribution in [0.1, 0.15) is 40.0 Å². The third-order valence-corrected chi connectivity index (χ3v) is 6.12. The molecule has 2 aromatic heterocycles. The quantitative estimate of drug-likeness (QED) is 0.319. The number of halogens is 1. The third kappa shape index (κ3) is 5.50. The number of ether oxygens (including phenoxy) is 1. The molecule has 1 amide bonds. The molecule has 0 bridgehead atoms. The summed E-state index contributed by atoms with van der Waals surface area (Å²) in [5, 5.41) is 2.74. The number of aromatic nitrogens is 3. The van der Waals surface area contributed by atoms with Crippen molar-refractivity contribution in [2.24, 2.45) is 0 Å². The molecule has 0 saturated carbocycles. The Hall–Kier alpha value is -4.14. The maximum absolute atomic E-state index is 13.1. The zero-order chi connectivity index (χ0) is 26.5. The van der Waals surface area contributed by atoms with Gasteiger partial charge in [0.25, 0.3) is 11.5 Å². The van der Waals surface area contributed by atoms with Crippen molar-refractivity contribution in [3.8, 4) is 17.0 Å². The lowest BCUT2D eigenvalue weighted by Crippen LogP contribution is -2.39. The highest BCUT2D eigenvalue weighted by Crippen LogP contribution is 2.25. The SMILES string of the molecule is CCCn1c(=O)c2[nH]c(-c3ccc(OC(CC)C(=O)Nc4ccc(F)cc4)cc3)cc2n(CCC)c1=O. The van der Waals surface area contributed by atoms with E-state index in [1.165, 1.54) is 28.8 Å². The molecule has 0 spiro atoms. The predicted molar refractivity (Wildman–Crippen MR) is 143 cm³/mol. The van der Waals surface area contributed by atoms with E-state index in [1.807, 2.05) is 39.0 Å². The first kappa shape index (κ1) is 25.9. The average Bonchev–Trinajstić information content (AvgIpc) is 3.35. The van der Waals surface area contributed by atoms with Crippen LogP contribution in [0, 0.1) is 5.82 Å². The molecule has 2 heterocycles. The van der Waals surface area contributed by atoms with Gasteiger partial charge < -0.3 is 15.0 Å². The van der Waals surface area contributed by atoms with Crippen LogP contribution in [-0.4, -0.2) is 26.1 Å². The van der Waals surface area contributed by atoms with Crippen LogP contribution in [0.15, 0.2) is 64.2 Å². The number of amides is 1. The number of hydrogen-bond donors (Lipinski definition) is 2. The van der Waals surface area contributed by atoms with Crippen molar-refractivity contribution in [3.63, 3.8) is 0 Å². The Labute approximate surface area is 213 Å². The number of aromatic amines is 1. The lowest BCUT2D eigenvalue weighted by Gasteiger charge is -2.17. The van der Waals surface area contributed by atoms with E-state index in [0.29, 0.717) is 54.1 Å². The second-order valence-electron chi connectivity index (χ2n) is 8.87. The van der Waals surface area contributed by atoms with Crippen molar-refractivity contribution in [3.05, 3.63) is 81.3 Å². The lowest BCUT2D eigenvalue weighted by molar-refractivity contribution is -0.122. The molecule has 0 saturated heterocycles. The van der Waals surface area contributed by atoms with Crippen molar-refractivity contribution in [2.75, 3.05) is 5.32 Å². The minimum absolute atomic E-state index is 0.292. The highest BCUT2D eigenvalue weighted by Gasteiger charge is 2.19. The summed E-state index contributed by atoms with van der Waals surface area (Å²) in [6, 6.07) is 14.5. The highest BCUT2D eigenvalue weighted by molar-refractivity contribution is 5.94. The van der Waals surface area contributed by atoms with Crippen LogP contribution >= 0.6 is 0 Å². The van der Waals surface area contributed by atoms with E-state index in [-0.39, 0.29) is 23.0 Å². The maximum Gasteiger partial charge on any atom is 0.331 e. The van der Waals surface area contributed by atoms with Gasteiger partial charge in [0.15, 0.2) is 6.10 Å². The molecule has 0 radical (unpaired) electrons. The number of fused-ring (bicyclic) bond motifs is 1. The van der Waals surface area contributed by atoms with Crippen LogP contribution in [0.4, 0.5) is 10.1 Å². The van der Waals surface area contributed by atoms with Crippen LogP contribution in [0.5, 0.6) is 5.75 Å². The molecule has 1 atom stereocenters. The molecule has 37 heavy (non-hydrogen) atoms. The first-order valence-electron chi connectivity index (χ1n) is 12.6. The van der Waals surface area contributed by atoms with Crippen molar-refractivity contribution >= 4 is 22.6 Å². The Morgan fingerprint density at radius 2 is 1.62 bits per heavy atom. The number of carbonyl (C=O) groups excluding carboxylic acids is 1. The Bertz CT molecular complexity index is 1500. The molecule has 0 aliphatic heterocycles. The molecular formula is C28H31FN4O4. The molecule has 0 aliphatic rings. The van der Waals surface area contributed by atoms with Gasteiger partial charge in [-0.05, 0) is 79.4 Å². The topological polar surface area (TPSA) is 98.1 Å². The van der Waals surface area contributed by atoms with Gasteiger partial charge in [0.1, 0.15) is 17.1 Å². The fraction of sp³-hybridized carbons (Fsp3) is 0.321. The molecule has 1 unspecified atom stereocenters. The Morgan fingerprint density at radius 1 is 0.973 bits per heavy atom. The summed E-state index contributed by atoms with van der Waals surface area (Å²) in [6.07, 6.45) is 1.15. The summed E-state index contributed by atoms with van der Waals surface area (Å²) >= 11 is 0. The van der Waals surface area contributed by atoms with Crippen LogP contribution in [-0.2, 0) is 17.9 Å². The van der Waals surface area contributed by atoms with Gasteiger partial charge in [0.05, 0.1) is 5.52 Å². The standard InChI is InChI=1S/C28H31FN4O4/c1-4-15-32-23-17-22(31-25(23)27(35)33(16-5-2)28(32)36)18-7-13-21(14-8-18)37-24(6-3)26(34)30-20-11-9-19(29)10-12-20/h7-14,17,24,31H,4-6,15-16H2,1-3H3,(H,30,34). The van der Waals surface area contributed by atoms with Crippen LogP contribution in [0.2, 0.25) is 0 Å². The van der Waals surface area contributed by atoms with E-state index in [0.717, 1.165) is 12.0 Å². The minimum Gasteiger partial charge on any atom is -0.481 e. The number of nitrogens with zero attached hydrogens (tertiary/aromatic N) is 2. The highest BCUT2D eigenvalue weighted by atomic mass is 19.1. The fourth-order valence-electron chi connectivity index (χ4n) is 4.26.